The SMILES string of the molecule is NCCC(=O)NCCCCN1CCN(c2ccccc2)CC1. The van der Waals surface area contributed by atoms with Gasteiger partial charge in [-0.1, -0.05) is 18.2 Å². The lowest BCUT2D eigenvalue weighted by molar-refractivity contribution is -0.120. The summed E-state index contributed by atoms with van der Waals surface area (Å²) in [5.41, 5.74) is 6.66. The Balaban J connectivity index is 1.55. The van der Waals surface area contributed by atoms with Crippen molar-refractivity contribution in [3.63, 3.8) is 0 Å². The van der Waals surface area contributed by atoms with Crippen LogP contribution in [0.4, 0.5) is 5.69 Å². The maximum atomic E-state index is 11.3. The molecule has 0 saturated carbocycles. The van der Waals surface area contributed by atoms with Crippen LogP contribution in [-0.4, -0.2) is 56.6 Å². The number of hydrogen-bond donors (Lipinski definition) is 2. The Kier molecular flexibility index (Phi) is 7.19. The Morgan fingerprint density at radius 3 is 2.50 bits per heavy atom. The molecule has 1 aliphatic heterocycles. The van der Waals surface area contributed by atoms with Crippen LogP contribution in [0.2, 0.25) is 0 Å². The first-order valence-corrected chi connectivity index (χ1v) is 8.28. The van der Waals surface area contributed by atoms with Gasteiger partial charge >= 0.3 is 0 Å². The summed E-state index contributed by atoms with van der Waals surface area (Å²) in [7, 11) is 0. The molecule has 0 atom stereocenters. The Bertz CT molecular complexity index is 430. The van der Waals surface area contributed by atoms with Crippen LogP contribution in [0, 0.1) is 0 Å². The van der Waals surface area contributed by atoms with Crippen molar-refractivity contribution in [3.05, 3.63) is 30.3 Å². The average Bonchev–Trinajstić information content (AvgIpc) is 2.56. The second-order valence-electron chi connectivity index (χ2n) is 5.76. The summed E-state index contributed by atoms with van der Waals surface area (Å²) in [6.07, 6.45) is 2.60. The van der Waals surface area contributed by atoms with Crippen LogP contribution in [0.15, 0.2) is 30.3 Å². The molecule has 2 rings (SSSR count). The first-order valence-electron chi connectivity index (χ1n) is 8.28. The third-order valence-electron chi connectivity index (χ3n) is 4.09. The van der Waals surface area contributed by atoms with Gasteiger partial charge in [-0.25, -0.2) is 0 Å². The van der Waals surface area contributed by atoms with Gasteiger partial charge < -0.3 is 16.0 Å². The first-order chi connectivity index (χ1) is 10.8. The molecule has 1 aromatic rings. The molecule has 1 aromatic carbocycles. The number of hydrogen-bond acceptors (Lipinski definition) is 4. The predicted octanol–water partition coefficient (Wildman–Crippen LogP) is 1.05. The molecule has 5 heteroatoms. The van der Waals surface area contributed by atoms with Gasteiger partial charge in [0.1, 0.15) is 0 Å². The molecule has 1 saturated heterocycles. The van der Waals surface area contributed by atoms with Crippen molar-refractivity contribution < 1.29 is 4.79 Å². The minimum absolute atomic E-state index is 0.0685. The van der Waals surface area contributed by atoms with Gasteiger partial charge in [-0.3, -0.25) is 9.69 Å². The Labute approximate surface area is 133 Å². The molecule has 0 aliphatic carbocycles. The highest BCUT2D eigenvalue weighted by Gasteiger charge is 2.16. The second kappa shape index (κ2) is 9.43. The zero-order valence-corrected chi connectivity index (χ0v) is 13.3. The number of nitrogens with one attached hydrogen (secondary N) is 1. The van der Waals surface area contributed by atoms with Crippen LogP contribution in [0.3, 0.4) is 0 Å². The molecule has 5 nitrogen and oxygen atoms in total. The molecular weight excluding hydrogens is 276 g/mol. The second-order valence-corrected chi connectivity index (χ2v) is 5.76. The summed E-state index contributed by atoms with van der Waals surface area (Å²) in [6, 6.07) is 10.6. The number of rotatable bonds is 8. The molecule has 1 amide bonds. The van der Waals surface area contributed by atoms with Gasteiger partial charge in [-0.2, -0.15) is 0 Å². The van der Waals surface area contributed by atoms with Crippen molar-refractivity contribution in [2.45, 2.75) is 19.3 Å². The number of carbonyl (C=O) groups excluding carboxylic acids is 1. The molecule has 0 aromatic heterocycles. The number of piperazine rings is 1. The van der Waals surface area contributed by atoms with Gasteiger partial charge in [-0.15, -0.1) is 0 Å². The van der Waals surface area contributed by atoms with Crippen molar-refractivity contribution in [1.29, 1.82) is 0 Å². The fourth-order valence-electron chi connectivity index (χ4n) is 2.78. The van der Waals surface area contributed by atoms with Crippen LogP contribution < -0.4 is 16.0 Å². The maximum absolute atomic E-state index is 11.3. The Morgan fingerprint density at radius 2 is 1.82 bits per heavy atom. The number of unbranched alkanes of at least 4 members (excludes halogenated alkanes) is 1. The standard InChI is InChI=1S/C17H28N4O/c18-9-8-17(22)19-10-4-5-11-20-12-14-21(15-13-20)16-6-2-1-3-7-16/h1-3,6-7H,4-5,8-15,18H2,(H,19,22). The third kappa shape index (κ3) is 5.66. The predicted molar refractivity (Wildman–Crippen MR) is 91.0 cm³/mol. The van der Waals surface area contributed by atoms with Gasteiger partial charge in [-0.05, 0) is 31.5 Å². The number of anilines is 1. The number of benzene rings is 1. The topological polar surface area (TPSA) is 61.6 Å². The van der Waals surface area contributed by atoms with Gasteiger partial charge in [0, 0.05) is 51.4 Å². The monoisotopic (exact) mass is 304 g/mol. The Hall–Kier alpha value is -1.59. The number of carbonyl (C=O) groups is 1. The summed E-state index contributed by atoms with van der Waals surface area (Å²) in [5.74, 6) is 0.0685. The zero-order valence-electron chi connectivity index (χ0n) is 13.3. The van der Waals surface area contributed by atoms with Crippen molar-refractivity contribution in [2.75, 3.05) is 50.7 Å². The molecule has 0 radical (unpaired) electrons. The first kappa shape index (κ1) is 16.8. The molecule has 0 unspecified atom stereocenters. The van der Waals surface area contributed by atoms with Gasteiger partial charge in [0.2, 0.25) is 5.91 Å². The largest absolute Gasteiger partial charge is 0.369 e. The Morgan fingerprint density at radius 1 is 1.09 bits per heavy atom. The fourth-order valence-corrected chi connectivity index (χ4v) is 2.78. The summed E-state index contributed by atoms with van der Waals surface area (Å²) in [6.45, 7) is 6.74. The third-order valence-corrected chi connectivity index (χ3v) is 4.09. The molecule has 3 N–H and O–H groups in total. The van der Waals surface area contributed by atoms with E-state index in [4.69, 9.17) is 5.73 Å². The van der Waals surface area contributed by atoms with E-state index in [1.807, 2.05) is 0 Å². The van der Waals surface area contributed by atoms with E-state index >= 15 is 0 Å². The summed E-state index contributed by atoms with van der Waals surface area (Å²) < 4.78 is 0. The highest BCUT2D eigenvalue weighted by atomic mass is 16.1. The van der Waals surface area contributed by atoms with Crippen molar-refractivity contribution in [1.82, 2.24) is 10.2 Å². The van der Waals surface area contributed by atoms with Gasteiger partial charge in [0.05, 0.1) is 0 Å². The van der Waals surface area contributed by atoms with Crippen LogP contribution in [0.25, 0.3) is 0 Å². The van der Waals surface area contributed by atoms with Crippen molar-refractivity contribution in [3.8, 4) is 0 Å². The highest BCUT2D eigenvalue weighted by molar-refractivity contribution is 5.75. The maximum Gasteiger partial charge on any atom is 0.221 e. The number of nitrogens with zero attached hydrogens (tertiary/aromatic N) is 2. The average molecular weight is 304 g/mol. The number of para-hydroxylation sites is 1. The lowest BCUT2D eigenvalue weighted by Crippen LogP contribution is -2.46. The van der Waals surface area contributed by atoms with Gasteiger partial charge in [0.25, 0.3) is 0 Å². The van der Waals surface area contributed by atoms with Gasteiger partial charge in [0.15, 0.2) is 0 Å². The van der Waals surface area contributed by atoms with Crippen molar-refractivity contribution >= 4 is 11.6 Å². The lowest BCUT2D eigenvalue weighted by atomic mass is 10.2. The van der Waals surface area contributed by atoms with E-state index in [-0.39, 0.29) is 5.91 Å². The minimum Gasteiger partial charge on any atom is -0.369 e. The van der Waals surface area contributed by atoms with Crippen LogP contribution in [0.5, 0.6) is 0 Å². The van der Waals surface area contributed by atoms with E-state index in [2.05, 4.69) is 45.4 Å². The van der Waals surface area contributed by atoms with E-state index < -0.39 is 0 Å². The summed E-state index contributed by atoms with van der Waals surface area (Å²) in [4.78, 5) is 16.2. The normalized spacial score (nSPS) is 15.8. The molecule has 0 bridgehead atoms. The zero-order chi connectivity index (χ0) is 15.6. The molecule has 0 spiro atoms. The summed E-state index contributed by atoms with van der Waals surface area (Å²) in [5, 5.41) is 2.90. The molecular formula is C17H28N4O. The summed E-state index contributed by atoms with van der Waals surface area (Å²) >= 11 is 0. The molecule has 1 aliphatic rings. The van der Waals surface area contributed by atoms with E-state index in [1.54, 1.807) is 0 Å². The van der Waals surface area contributed by atoms with Crippen molar-refractivity contribution in [2.24, 2.45) is 5.73 Å². The molecule has 1 fully saturated rings. The van der Waals surface area contributed by atoms with E-state index in [0.717, 1.165) is 52.1 Å². The van der Waals surface area contributed by atoms with Crippen LogP contribution in [0.1, 0.15) is 19.3 Å². The lowest BCUT2D eigenvalue weighted by Gasteiger charge is -2.36. The molecule has 122 valence electrons. The van der Waals surface area contributed by atoms with Crippen LogP contribution in [-0.2, 0) is 4.79 Å². The van der Waals surface area contributed by atoms with E-state index in [0.29, 0.717) is 13.0 Å². The fraction of sp³-hybridized carbons (Fsp3) is 0.588. The highest BCUT2D eigenvalue weighted by Crippen LogP contribution is 2.15. The minimum atomic E-state index is 0.0685. The van der Waals surface area contributed by atoms with E-state index in [1.165, 1.54) is 5.69 Å². The quantitative estimate of drug-likeness (QED) is 0.705. The molecule has 22 heavy (non-hydrogen) atoms. The molecule has 1 heterocycles. The number of nitrogens with two attached hydrogens (primary N) is 1. The number of amides is 1. The smallest absolute Gasteiger partial charge is 0.221 e. The van der Waals surface area contributed by atoms with Crippen LogP contribution >= 0.6 is 0 Å². The van der Waals surface area contributed by atoms with E-state index in [9.17, 15) is 4.79 Å².